The second-order valence-corrected chi connectivity index (χ2v) is 10.0. The molecule has 1 aromatic heterocycles. The van der Waals surface area contributed by atoms with Crippen LogP contribution in [0.1, 0.15) is 27.8 Å². The van der Waals surface area contributed by atoms with E-state index in [2.05, 4.69) is 10.2 Å². The van der Waals surface area contributed by atoms with Crippen LogP contribution in [0.3, 0.4) is 0 Å². The molecule has 0 N–H and O–H groups in total. The summed E-state index contributed by atoms with van der Waals surface area (Å²) in [6, 6.07) is 17.2. The topological polar surface area (TPSA) is 83.1 Å². The molecule has 0 radical (unpaired) electrons. The third-order valence-electron chi connectivity index (χ3n) is 5.34. The highest BCUT2D eigenvalue weighted by Crippen LogP contribution is 2.42. The molecule has 186 valence electrons. The van der Waals surface area contributed by atoms with Crippen LogP contribution in [0.5, 0.6) is 5.75 Å². The van der Waals surface area contributed by atoms with Gasteiger partial charge >= 0.3 is 0 Å². The number of hydrogen-bond acceptors (Lipinski definition) is 6. The normalized spacial score (nSPS) is 11.9. The Hall–Kier alpha value is -3.14. The lowest BCUT2D eigenvalue weighted by Gasteiger charge is -2.17. The fourth-order valence-electron chi connectivity index (χ4n) is 3.63. The SMILES string of the molecule is Cc1cccc(-n2c(C)nnc2S[C@@H](C[N+](=O)[O-])c2cc(Cl)c(OCc3ccccc3F)c(Cl)c2)c1. The van der Waals surface area contributed by atoms with Crippen molar-refractivity contribution in [3.63, 3.8) is 0 Å². The first-order valence-corrected chi connectivity index (χ1v) is 12.5. The molecule has 0 aliphatic rings. The molecule has 1 atom stereocenters. The molecular formula is C25H21Cl2FN4O3S. The third kappa shape index (κ3) is 5.98. The summed E-state index contributed by atoms with van der Waals surface area (Å²) in [5, 5.41) is 20.1. The fourth-order valence-corrected chi connectivity index (χ4v) is 5.39. The molecule has 36 heavy (non-hydrogen) atoms. The van der Waals surface area contributed by atoms with Crippen LogP contribution in [-0.2, 0) is 6.61 Å². The average Bonchev–Trinajstić information content (AvgIpc) is 3.18. The van der Waals surface area contributed by atoms with Crippen molar-refractivity contribution in [2.75, 3.05) is 6.54 Å². The smallest absolute Gasteiger partial charge is 0.220 e. The summed E-state index contributed by atoms with van der Waals surface area (Å²) in [6.07, 6.45) is 0. The van der Waals surface area contributed by atoms with E-state index in [0.29, 0.717) is 22.1 Å². The van der Waals surface area contributed by atoms with Gasteiger partial charge in [0.1, 0.15) is 23.5 Å². The lowest BCUT2D eigenvalue weighted by Crippen LogP contribution is -2.11. The van der Waals surface area contributed by atoms with Crippen molar-refractivity contribution < 1.29 is 14.1 Å². The molecule has 11 heteroatoms. The monoisotopic (exact) mass is 546 g/mol. The van der Waals surface area contributed by atoms with E-state index in [-0.39, 0.29) is 22.4 Å². The molecule has 0 aliphatic carbocycles. The number of thioether (sulfide) groups is 1. The van der Waals surface area contributed by atoms with Crippen LogP contribution in [0.15, 0.2) is 65.8 Å². The van der Waals surface area contributed by atoms with Gasteiger partial charge < -0.3 is 4.74 Å². The summed E-state index contributed by atoms with van der Waals surface area (Å²) >= 11 is 14.1. The maximum atomic E-state index is 13.9. The number of hydrogen-bond donors (Lipinski definition) is 0. The van der Waals surface area contributed by atoms with Crippen LogP contribution in [0.25, 0.3) is 5.69 Å². The van der Waals surface area contributed by atoms with E-state index in [9.17, 15) is 14.5 Å². The summed E-state index contributed by atoms with van der Waals surface area (Å²) in [4.78, 5) is 11.1. The zero-order valence-electron chi connectivity index (χ0n) is 19.3. The predicted molar refractivity (Wildman–Crippen MR) is 138 cm³/mol. The highest BCUT2D eigenvalue weighted by molar-refractivity contribution is 7.99. The average molecular weight is 547 g/mol. The quantitative estimate of drug-likeness (QED) is 0.127. The first-order valence-electron chi connectivity index (χ1n) is 10.9. The van der Waals surface area contributed by atoms with Gasteiger partial charge in [-0.3, -0.25) is 14.7 Å². The maximum Gasteiger partial charge on any atom is 0.220 e. The van der Waals surface area contributed by atoms with Gasteiger partial charge in [0.15, 0.2) is 10.9 Å². The standard InChI is InChI=1S/C25H21Cl2FN4O3S/c1-15-6-5-8-19(10-15)32-16(2)29-30-25(32)36-23(13-31(33)34)18-11-20(26)24(21(27)12-18)35-14-17-7-3-4-9-22(17)28/h3-12,23H,13-14H2,1-2H3/t23-/m0/s1. The summed E-state index contributed by atoms with van der Waals surface area (Å²) in [5.74, 6) is 0.418. The molecule has 7 nitrogen and oxygen atoms in total. The van der Waals surface area contributed by atoms with E-state index in [1.165, 1.54) is 17.8 Å². The molecule has 4 aromatic rings. The zero-order valence-corrected chi connectivity index (χ0v) is 21.6. The van der Waals surface area contributed by atoms with Gasteiger partial charge in [-0.2, -0.15) is 0 Å². The highest BCUT2D eigenvalue weighted by Gasteiger charge is 2.26. The Morgan fingerprint density at radius 3 is 2.47 bits per heavy atom. The Bertz CT molecular complexity index is 1390. The van der Waals surface area contributed by atoms with Gasteiger partial charge in [-0.05, 0) is 55.3 Å². The number of aryl methyl sites for hydroxylation is 2. The van der Waals surface area contributed by atoms with Crippen LogP contribution in [0.4, 0.5) is 4.39 Å². The van der Waals surface area contributed by atoms with Crippen LogP contribution in [-0.4, -0.2) is 26.2 Å². The molecule has 1 heterocycles. The van der Waals surface area contributed by atoms with Gasteiger partial charge in [-0.25, -0.2) is 4.39 Å². The summed E-state index contributed by atoms with van der Waals surface area (Å²) < 4.78 is 21.5. The molecule has 0 bridgehead atoms. The van der Waals surface area contributed by atoms with Crippen molar-refractivity contribution >= 4 is 35.0 Å². The van der Waals surface area contributed by atoms with Gasteiger partial charge in [-0.15, -0.1) is 10.2 Å². The van der Waals surface area contributed by atoms with E-state index in [1.807, 2.05) is 42.7 Å². The first kappa shape index (κ1) is 25.9. The fraction of sp³-hybridized carbons (Fsp3) is 0.200. The number of nitrogens with zero attached hydrogens (tertiary/aromatic N) is 4. The van der Waals surface area contributed by atoms with Gasteiger partial charge in [0.25, 0.3) is 0 Å². The molecule has 0 saturated heterocycles. The largest absolute Gasteiger partial charge is 0.486 e. The molecule has 3 aromatic carbocycles. The van der Waals surface area contributed by atoms with Crippen molar-refractivity contribution in [2.24, 2.45) is 0 Å². The van der Waals surface area contributed by atoms with Gasteiger partial charge in [0.2, 0.25) is 6.54 Å². The maximum absolute atomic E-state index is 13.9. The van der Waals surface area contributed by atoms with Crippen molar-refractivity contribution in [1.82, 2.24) is 14.8 Å². The Labute approximate surface area is 221 Å². The lowest BCUT2D eigenvalue weighted by molar-refractivity contribution is -0.479. The zero-order chi connectivity index (χ0) is 25.8. The molecule has 0 unspecified atom stereocenters. The molecule has 4 rings (SSSR count). The van der Waals surface area contributed by atoms with Crippen molar-refractivity contribution in [3.05, 3.63) is 109 Å². The van der Waals surface area contributed by atoms with E-state index >= 15 is 0 Å². The van der Waals surface area contributed by atoms with Crippen LogP contribution >= 0.6 is 35.0 Å². The molecule has 0 fully saturated rings. The number of aromatic nitrogens is 3. The Kier molecular flexibility index (Phi) is 8.13. The van der Waals surface area contributed by atoms with Crippen molar-refractivity contribution in [1.29, 1.82) is 0 Å². The Morgan fingerprint density at radius 1 is 1.08 bits per heavy atom. The van der Waals surface area contributed by atoms with Gasteiger partial charge in [0, 0.05) is 16.2 Å². The molecule has 0 spiro atoms. The second kappa shape index (κ2) is 11.3. The van der Waals surface area contributed by atoms with Crippen molar-refractivity contribution in [3.8, 4) is 11.4 Å². The Balaban J connectivity index is 1.63. The molecule has 0 aliphatic heterocycles. The second-order valence-electron chi connectivity index (χ2n) is 8.02. The third-order valence-corrected chi connectivity index (χ3v) is 7.08. The van der Waals surface area contributed by atoms with Crippen LogP contribution in [0, 0.1) is 29.8 Å². The van der Waals surface area contributed by atoms with Gasteiger partial charge in [-0.1, -0.05) is 65.3 Å². The minimum atomic E-state index is -0.664. The summed E-state index contributed by atoms with van der Waals surface area (Å²) in [6.45, 7) is 3.33. The number of rotatable bonds is 9. The van der Waals surface area contributed by atoms with Gasteiger partial charge in [0.05, 0.1) is 10.0 Å². The van der Waals surface area contributed by atoms with E-state index in [1.54, 1.807) is 30.3 Å². The molecular weight excluding hydrogens is 526 g/mol. The van der Waals surface area contributed by atoms with Crippen LogP contribution < -0.4 is 4.74 Å². The minimum absolute atomic E-state index is 0.0720. The minimum Gasteiger partial charge on any atom is -0.486 e. The predicted octanol–water partition coefficient (Wildman–Crippen LogP) is 7.02. The highest BCUT2D eigenvalue weighted by atomic mass is 35.5. The van der Waals surface area contributed by atoms with E-state index < -0.39 is 22.5 Å². The number of nitro groups is 1. The molecule has 0 saturated carbocycles. The molecule has 0 amide bonds. The first-order chi connectivity index (χ1) is 17.2. The van der Waals surface area contributed by atoms with E-state index in [4.69, 9.17) is 27.9 Å². The summed E-state index contributed by atoms with van der Waals surface area (Å²) in [7, 11) is 0. The number of benzene rings is 3. The number of ether oxygens (including phenoxy) is 1. The summed E-state index contributed by atoms with van der Waals surface area (Å²) in [5.41, 5.74) is 2.79. The van der Waals surface area contributed by atoms with E-state index in [0.717, 1.165) is 11.3 Å². The number of halogens is 3. The van der Waals surface area contributed by atoms with Crippen LogP contribution in [0.2, 0.25) is 10.0 Å². The lowest BCUT2D eigenvalue weighted by atomic mass is 10.1. The Morgan fingerprint density at radius 2 is 1.81 bits per heavy atom. The van der Waals surface area contributed by atoms with Crippen molar-refractivity contribution in [2.45, 2.75) is 30.9 Å².